The maximum absolute atomic E-state index is 5.40. The number of rotatable bonds is 2. The van der Waals surface area contributed by atoms with Crippen LogP contribution in [0.4, 0.5) is 0 Å². The van der Waals surface area contributed by atoms with E-state index in [2.05, 4.69) is 23.3 Å². The minimum Gasteiger partial charge on any atom is -0.369 e. The van der Waals surface area contributed by atoms with Gasteiger partial charge in [-0.3, -0.25) is 4.99 Å². The van der Waals surface area contributed by atoms with E-state index >= 15 is 0 Å². The second-order valence-electron chi connectivity index (χ2n) is 2.86. The lowest BCUT2D eigenvalue weighted by molar-refractivity contribution is 0.777. The Balaban J connectivity index is 0.000000791. The van der Waals surface area contributed by atoms with Gasteiger partial charge in [-0.1, -0.05) is 19.9 Å². The molecule has 0 spiro atoms. The van der Waals surface area contributed by atoms with Crippen molar-refractivity contribution in [3.05, 3.63) is 11.6 Å². The molecule has 1 aliphatic rings. The molecule has 0 saturated heterocycles. The number of aliphatic imine (C=N–C) groups is 1. The van der Waals surface area contributed by atoms with Gasteiger partial charge in [-0.25, -0.2) is 0 Å². The van der Waals surface area contributed by atoms with Crippen LogP contribution >= 0.6 is 0 Å². The molecule has 14 heavy (non-hydrogen) atoms. The quantitative estimate of drug-likeness (QED) is 0.708. The van der Waals surface area contributed by atoms with Gasteiger partial charge < -0.3 is 11.1 Å². The van der Waals surface area contributed by atoms with E-state index in [1.165, 1.54) is 12.0 Å². The fraction of sp³-hybridized carbons (Fsp3) is 0.727. The van der Waals surface area contributed by atoms with Crippen LogP contribution in [-0.2, 0) is 0 Å². The molecule has 1 heterocycles. The summed E-state index contributed by atoms with van der Waals surface area (Å²) in [6.07, 6.45) is 4.45. The van der Waals surface area contributed by atoms with Gasteiger partial charge in [-0.2, -0.15) is 0 Å². The van der Waals surface area contributed by atoms with E-state index in [1.807, 2.05) is 13.8 Å². The smallest absolute Gasteiger partial charge is 0.123 e. The molecule has 0 atom stereocenters. The normalized spacial score (nSPS) is 18.3. The van der Waals surface area contributed by atoms with Gasteiger partial charge in [0.2, 0.25) is 0 Å². The third-order valence-electron chi connectivity index (χ3n) is 1.96. The number of hydrogen-bond acceptors (Lipinski definition) is 3. The lowest BCUT2D eigenvalue weighted by Crippen LogP contribution is -2.32. The Morgan fingerprint density at radius 3 is 2.79 bits per heavy atom. The standard InChI is InChI=1S/C9H17N3.C2H6/c1-2-8-4-3-6-11-9(8)12-7-5-10;1-2/h2H,3-7,10H2,1H3,(H,11,12);1-2H3/b8-2+;. The molecular formula is C11H23N3. The first-order valence-electron chi connectivity index (χ1n) is 5.52. The Kier molecular flexibility index (Phi) is 8.24. The van der Waals surface area contributed by atoms with Gasteiger partial charge in [-0.05, 0) is 25.3 Å². The lowest BCUT2D eigenvalue weighted by atomic mass is 10.1. The summed E-state index contributed by atoms with van der Waals surface area (Å²) in [5.41, 5.74) is 6.72. The topological polar surface area (TPSA) is 50.4 Å². The Labute approximate surface area is 87.5 Å². The summed E-state index contributed by atoms with van der Waals surface area (Å²) < 4.78 is 0. The van der Waals surface area contributed by atoms with Crippen molar-refractivity contribution in [1.82, 2.24) is 5.32 Å². The van der Waals surface area contributed by atoms with Crippen LogP contribution in [0.15, 0.2) is 16.6 Å². The number of amidine groups is 1. The van der Waals surface area contributed by atoms with Crippen LogP contribution in [0.3, 0.4) is 0 Å². The highest BCUT2D eigenvalue weighted by molar-refractivity contribution is 5.98. The largest absolute Gasteiger partial charge is 0.369 e. The molecule has 1 aliphatic heterocycles. The van der Waals surface area contributed by atoms with E-state index in [0.717, 1.165) is 25.3 Å². The number of nitrogens with zero attached hydrogens (tertiary/aromatic N) is 1. The van der Waals surface area contributed by atoms with Crippen LogP contribution in [0.2, 0.25) is 0 Å². The molecule has 1 rings (SSSR count). The van der Waals surface area contributed by atoms with Crippen LogP contribution < -0.4 is 11.1 Å². The molecule has 0 aliphatic carbocycles. The summed E-state index contributed by atoms with van der Waals surface area (Å²) in [5.74, 6) is 1.05. The first-order valence-corrected chi connectivity index (χ1v) is 5.52. The van der Waals surface area contributed by atoms with Crippen LogP contribution in [-0.4, -0.2) is 25.5 Å². The van der Waals surface area contributed by atoms with E-state index in [-0.39, 0.29) is 0 Å². The summed E-state index contributed by atoms with van der Waals surface area (Å²) in [6.45, 7) is 8.48. The Hall–Kier alpha value is -0.830. The Morgan fingerprint density at radius 1 is 1.50 bits per heavy atom. The summed E-state index contributed by atoms with van der Waals surface area (Å²) >= 11 is 0. The molecule has 3 N–H and O–H groups in total. The van der Waals surface area contributed by atoms with Crippen molar-refractivity contribution in [1.29, 1.82) is 0 Å². The zero-order valence-corrected chi connectivity index (χ0v) is 9.64. The molecule has 82 valence electrons. The molecule has 3 nitrogen and oxygen atoms in total. The average Bonchev–Trinajstić information content (AvgIpc) is 2.29. The van der Waals surface area contributed by atoms with Crippen molar-refractivity contribution in [2.24, 2.45) is 10.7 Å². The number of nitrogens with two attached hydrogens (primary N) is 1. The van der Waals surface area contributed by atoms with Gasteiger partial charge in [0.25, 0.3) is 0 Å². The first-order chi connectivity index (χ1) is 6.88. The van der Waals surface area contributed by atoms with E-state index in [0.29, 0.717) is 6.54 Å². The Morgan fingerprint density at radius 2 is 2.21 bits per heavy atom. The molecule has 0 fully saturated rings. The number of nitrogens with one attached hydrogen (secondary N) is 1. The fourth-order valence-electron chi connectivity index (χ4n) is 1.32. The third-order valence-corrected chi connectivity index (χ3v) is 1.96. The van der Waals surface area contributed by atoms with Gasteiger partial charge in [0.05, 0.1) is 0 Å². The molecule has 3 heteroatoms. The number of hydrogen-bond donors (Lipinski definition) is 2. The van der Waals surface area contributed by atoms with Gasteiger partial charge in [0, 0.05) is 19.6 Å². The summed E-state index contributed by atoms with van der Waals surface area (Å²) in [5, 5.41) is 3.23. The highest BCUT2D eigenvalue weighted by Gasteiger charge is 2.09. The van der Waals surface area contributed by atoms with E-state index in [4.69, 9.17) is 5.73 Å². The Bertz CT molecular complexity index is 195. The minimum absolute atomic E-state index is 0.663. The molecule has 0 aromatic rings. The summed E-state index contributed by atoms with van der Waals surface area (Å²) in [7, 11) is 0. The van der Waals surface area contributed by atoms with Crippen molar-refractivity contribution in [2.45, 2.75) is 33.6 Å². The minimum atomic E-state index is 0.663. The van der Waals surface area contributed by atoms with E-state index in [9.17, 15) is 0 Å². The number of allylic oxidation sites excluding steroid dienone is 1. The van der Waals surface area contributed by atoms with Crippen LogP contribution in [0.5, 0.6) is 0 Å². The molecule has 0 aromatic carbocycles. The predicted octanol–water partition coefficient (Wildman–Crippen LogP) is 1.70. The van der Waals surface area contributed by atoms with Crippen molar-refractivity contribution in [3.8, 4) is 0 Å². The highest BCUT2D eigenvalue weighted by atomic mass is 15.0. The van der Waals surface area contributed by atoms with Crippen molar-refractivity contribution >= 4 is 5.84 Å². The van der Waals surface area contributed by atoms with Crippen LogP contribution in [0.25, 0.3) is 0 Å². The van der Waals surface area contributed by atoms with Gasteiger partial charge >= 0.3 is 0 Å². The fourth-order valence-corrected chi connectivity index (χ4v) is 1.32. The monoisotopic (exact) mass is 197 g/mol. The van der Waals surface area contributed by atoms with Crippen molar-refractivity contribution in [2.75, 3.05) is 19.6 Å². The van der Waals surface area contributed by atoms with Crippen LogP contribution in [0, 0.1) is 0 Å². The zero-order chi connectivity index (χ0) is 10.8. The molecule has 0 saturated carbocycles. The van der Waals surface area contributed by atoms with Gasteiger partial charge in [-0.15, -0.1) is 0 Å². The van der Waals surface area contributed by atoms with E-state index in [1.54, 1.807) is 0 Å². The second-order valence-corrected chi connectivity index (χ2v) is 2.86. The zero-order valence-electron chi connectivity index (χ0n) is 9.64. The van der Waals surface area contributed by atoms with E-state index < -0.39 is 0 Å². The summed E-state index contributed by atoms with van der Waals surface area (Å²) in [6, 6.07) is 0. The molecule has 0 radical (unpaired) electrons. The SMILES string of the molecule is C/C=C1\CCCN=C1NCCN.CC. The molecule has 0 aromatic heterocycles. The highest BCUT2D eigenvalue weighted by Crippen LogP contribution is 2.11. The summed E-state index contributed by atoms with van der Waals surface area (Å²) in [4.78, 5) is 4.40. The molecule has 0 unspecified atom stereocenters. The maximum Gasteiger partial charge on any atom is 0.123 e. The maximum atomic E-state index is 5.40. The van der Waals surface area contributed by atoms with Crippen molar-refractivity contribution in [3.63, 3.8) is 0 Å². The first kappa shape index (κ1) is 13.2. The average molecular weight is 197 g/mol. The molecule has 0 amide bonds. The lowest BCUT2D eigenvalue weighted by Gasteiger charge is -2.16. The second kappa shape index (κ2) is 8.75. The van der Waals surface area contributed by atoms with Crippen LogP contribution in [0.1, 0.15) is 33.6 Å². The molecule has 0 bridgehead atoms. The third kappa shape index (κ3) is 4.42. The molecular weight excluding hydrogens is 174 g/mol. The van der Waals surface area contributed by atoms with Crippen molar-refractivity contribution < 1.29 is 0 Å². The van der Waals surface area contributed by atoms with Gasteiger partial charge in [0.1, 0.15) is 5.84 Å². The predicted molar refractivity (Wildman–Crippen MR) is 63.7 cm³/mol. The van der Waals surface area contributed by atoms with Gasteiger partial charge in [0.15, 0.2) is 0 Å².